The highest BCUT2D eigenvalue weighted by atomic mass is 19.1. The molecule has 17 heavy (non-hydrogen) atoms. The number of hydrogen-bond acceptors (Lipinski definition) is 1. The van der Waals surface area contributed by atoms with Gasteiger partial charge in [0, 0.05) is 12.1 Å². The number of benzene rings is 2. The van der Waals surface area contributed by atoms with E-state index >= 15 is 0 Å². The quantitative estimate of drug-likeness (QED) is 0.788. The maximum atomic E-state index is 13.9. The molecule has 1 aliphatic rings. The van der Waals surface area contributed by atoms with E-state index in [1.807, 2.05) is 25.1 Å². The fraction of sp³-hybridized carbons (Fsp3) is 0.200. The molecule has 3 rings (SSSR count). The molecule has 0 bridgehead atoms. The van der Waals surface area contributed by atoms with Crippen LogP contribution < -0.4 is 5.32 Å². The largest absolute Gasteiger partial charge is 0.302 e. The highest BCUT2D eigenvalue weighted by molar-refractivity contribution is 5.42. The van der Waals surface area contributed by atoms with Gasteiger partial charge in [0.1, 0.15) is 5.82 Å². The lowest BCUT2D eigenvalue weighted by atomic mass is 9.97. The van der Waals surface area contributed by atoms with Gasteiger partial charge in [0.25, 0.3) is 0 Å². The van der Waals surface area contributed by atoms with Crippen LogP contribution in [0.5, 0.6) is 0 Å². The van der Waals surface area contributed by atoms with Crippen LogP contribution in [0.1, 0.15) is 28.3 Å². The third kappa shape index (κ3) is 1.75. The van der Waals surface area contributed by atoms with E-state index in [-0.39, 0.29) is 11.9 Å². The predicted molar refractivity (Wildman–Crippen MR) is 66.3 cm³/mol. The summed E-state index contributed by atoms with van der Waals surface area (Å²) in [5.74, 6) is -0.134. The SMILES string of the molecule is Cc1ccc(F)c(C2NCc3ccccc32)c1. The average Bonchev–Trinajstić information content (AvgIpc) is 2.76. The van der Waals surface area contributed by atoms with Crippen molar-refractivity contribution >= 4 is 0 Å². The van der Waals surface area contributed by atoms with Crippen LogP contribution in [0.4, 0.5) is 4.39 Å². The van der Waals surface area contributed by atoms with Crippen molar-refractivity contribution in [3.8, 4) is 0 Å². The number of halogens is 1. The first-order valence-electron chi connectivity index (χ1n) is 5.83. The molecule has 0 aliphatic carbocycles. The minimum Gasteiger partial charge on any atom is -0.302 e. The topological polar surface area (TPSA) is 12.0 Å². The second-order valence-electron chi connectivity index (χ2n) is 4.54. The van der Waals surface area contributed by atoms with Crippen LogP contribution in [-0.2, 0) is 6.54 Å². The molecular formula is C15H14FN. The minimum absolute atomic E-state index is 0.00824. The van der Waals surface area contributed by atoms with E-state index in [1.54, 1.807) is 12.1 Å². The van der Waals surface area contributed by atoms with Gasteiger partial charge in [-0.05, 0) is 24.1 Å². The van der Waals surface area contributed by atoms with E-state index in [0.29, 0.717) is 0 Å². The fourth-order valence-corrected chi connectivity index (χ4v) is 2.46. The molecule has 1 nitrogen and oxygen atoms in total. The van der Waals surface area contributed by atoms with E-state index in [1.165, 1.54) is 11.1 Å². The van der Waals surface area contributed by atoms with E-state index in [2.05, 4.69) is 17.4 Å². The molecule has 86 valence electrons. The molecule has 1 atom stereocenters. The van der Waals surface area contributed by atoms with Crippen LogP contribution in [0.2, 0.25) is 0 Å². The number of fused-ring (bicyclic) bond motifs is 1. The Kier molecular flexibility index (Phi) is 2.45. The Balaban J connectivity index is 2.10. The van der Waals surface area contributed by atoms with Crippen molar-refractivity contribution in [3.05, 3.63) is 70.5 Å². The van der Waals surface area contributed by atoms with E-state index < -0.39 is 0 Å². The van der Waals surface area contributed by atoms with Crippen molar-refractivity contribution < 1.29 is 4.39 Å². The summed E-state index contributed by atoms with van der Waals surface area (Å²) in [6.07, 6.45) is 0. The van der Waals surface area contributed by atoms with Gasteiger partial charge in [-0.15, -0.1) is 0 Å². The number of rotatable bonds is 1. The normalized spacial score (nSPS) is 18.1. The Morgan fingerprint density at radius 2 is 1.94 bits per heavy atom. The van der Waals surface area contributed by atoms with Gasteiger partial charge in [0.15, 0.2) is 0 Å². The zero-order valence-electron chi connectivity index (χ0n) is 9.70. The van der Waals surface area contributed by atoms with Crippen LogP contribution in [0.3, 0.4) is 0 Å². The van der Waals surface area contributed by atoms with Gasteiger partial charge in [-0.2, -0.15) is 0 Å². The van der Waals surface area contributed by atoms with Crippen LogP contribution in [-0.4, -0.2) is 0 Å². The highest BCUT2D eigenvalue weighted by Crippen LogP contribution is 2.32. The maximum absolute atomic E-state index is 13.9. The van der Waals surface area contributed by atoms with Crippen LogP contribution in [0, 0.1) is 12.7 Å². The maximum Gasteiger partial charge on any atom is 0.128 e. The Hall–Kier alpha value is -1.67. The first-order chi connectivity index (χ1) is 8.25. The summed E-state index contributed by atoms with van der Waals surface area (Å²) in [6, 6.07) is 13.5. The van der Waals surface area contributed by atoms with Crippen LogP contribution >= 0.6 is 0 Å². The molecule has 2 aromatic carbocycles. The molecule has 0 spiro atoms. The third-order valence-corrected chi connectivity index (χ3v) is 3.33. The Labute approximate surface area is 100 Å². The van der Waals surface area contributed by atoms with Crippen LogP contribution in [0.25, 0.3) is 0 Å². The summed E-state index contributed by atoms with van der Waals surface area (Å²) < 4.78 is 13.9. The summed E-state index contributed by atoms with van der Waals surface area (Å²) >= 11 is 0. The third-order valence-electron chi connectivity index (χ3n) is 3.33. The summed E-state index contributed by atoms with van der Waals surface area (Å²) in [6.45, 7) is 2.80. The minimum atomic E-state index is -0.134. The lowest BCUT2D eigenvalue weighted by molar-refractivity contribution is 0.572. The summed E-state index contributed by atoms with van der Waals surface area (Å²) in [5, 5.41) is 3.37. The average molecular weight is 227 g/mol. The summed E-state index contributed by atoms with van der Waals surface area (Å²) in [7, 11) is 0. The number of nitrogens with one attached hydrogen (secondary N) is 1. The van der Waals surface area contributed by atoms with Gasteiger partial charge in [-0.25, -0.2) is 4.39 Å². The molecule has 0 aromatic heterocycles. The molecule has 2 aromatic rings. The molecule has 0 saturated carbocycles. The van der Waals surface area contributed by atoms with Gasteiger partial charge >= 0.3 is 0 Å². The van der Waals surface area contributed by atoms with Crippen molar-refractivity contribution in [2.24, 2.45) is 0 Å². The van der Waals surface area contributed by atoms with Gasteiger partial charge < -0.3 is 5.32 Å². The Morgan fingerprint density at radius 1 is 1.12 bits per heavy atom. The van der Waals surface area contributed by atoms with Crippen molar-refractivity contribution in [2.45, 2.75) is 19.5 Å². The number of aryl methyl sites for hydroxylation is 1. The fourth-order valence-electron chi connectivity index (χ4n) is 2.46. The molecular weight excluding hydrogens is 213 g/mol. The van der Waals surface area contributed by atoms with E-state index in [9.17, 15) is 4.39 Å². The van der Waals surface area contributed by atoms with E-state index in [0.717, 1.165) is 17.7 Å². The highest BCUT2D eigenvalue weighted by Gasteiger charge is 2.24. The predicted octanol–water partition coefficient (Wildman–Crippen LogP) is 3.33. The zero-order chi connectivity index (χ0) is 11.8. The smallest absolute Gasteiger partial charge is 0.128 e. The van der Waals surface area contributed by atoms with Gasteiger partial charge in [-0.1, -0.05) is 42.0 Å². The second kappa shape index (κ2) is 3.97. The Morgan fingerprint density at radius 3 is 2.82 bits per heavy atom. The van der Waals surface area contributed by atoms with Crippen LogP contribution in [0.15, 0.2) is 42.5 Å². The van der Waals surface area contributed by atoms with Crippen molar-refractivity contribution in [1.82, 2.24) is 5.32 Å². The zero-order valence-corrected chi connectivity index (χ0v) is 9.70. The molecule has 1 heterocycles. The van der Waals surface area contributed by atoms with Crippen molar-refractivity contribution in [3.63, 3.8) is 0 Å². The first kappa shape index (κ1) is 10.5. The molecule has 2 heteroatoms. The Bertz CT molecular complexity index is 563. The van der Waals surface area contributed by atoms with Gasteiger partial charge in [-0.3, -0.25) is 0 Å². The number of hydrogen-bond donors (Lipinski definition) is 1. The van der Waals surface area contributed by atoms with Gasteiger partial charge in [0.05, 0.1) is 6.04 Å². The molecule has 0 radical (unpaired) electrons. The monoisotopic (exact) mass is 227 g/mol. The molecule has 1 unspecified atom stereocenters. The lowest BCUT2D eigenvalue weighted by Crippen LogP contribution is -2.15. The molecule has 1 N–H and O–H groups in total. The summed E-state index contributed by atoms with van der Waals surface area (Å²) in [5.41, 5.74) is 4.29. The molecule has 0 fully saturated rings. The molecule has 1 aliphatic heterocycles. The van der Waals surface area contributed by atoms with Crippen molar-refractivity contribution in [1.29, 1.82) is 0 Å². The van der Waals surface area contributed by atoms with Gasteiger partial charge in [0.2, 0.25) is 0 Å². The lowest BCUT2D eigenvalue weighted by Gasteiger charge is -2.14. The molecule has 0 saturated heterocycles. The van der Waals surface area contributed by atoms with Crippen molar-refractivity contribution in [2.75, 3.05) is 0 Å². The molecule has 0 amide bonds. The van der Waals surface area contributed by atoms with E-state index in [4.69, 9.17) is 0 Å². The summed E-state index contributed by atoms with van der Waals surface area (Å²) in [4.78, 5) is 0. The standard InChI is InChI=1S/C15H14FN/c1-10-6-7-14(16)13(8-10)15-12-5-3-2-4-11(12)9-17-15/h2-8,15,17H,9H2,1H3. The first-order valence-corrected chi connectivity index (χ1v) is 5.83. The second-order valence-corrected chi connectivity index (χ2v) is 4.54.